The Morgan fingerprint density at radius 2 is 1.85 bits per heavy atom. The maximum absolute atomic E-state index is 12.5. The van der Waals surface area contributed by atoms with Crippen molar-refractivity contribution < 1.29 is 13.2 Å². The fourth-order valence-corrected chi connectivity index (χ4v) is 3.96. The van der Waals surface area contributed by atoms with Gasteiger partial charge in [0, 0.05) is 6.04 Å². The number of rotatable bonds is 3. The van der Waals surface area contributed by atoms with Crippen LogP contribution in [-0.4, -0.2) is 38.3 Å². The molecule has 6 heteroatoms. The summed E-state index contributed by atoms with van der Waals surface area (Å²) in [4.78, 5) is 12.4. The minimum atomic E-state index is -3.72. The number of carbonyl (C=O) groups is 1. The van der Waals surface area contributed by atoms with E-state index in [1.54, 1.807) is 25.2 Å². The summed E-state index contributed by atoms with van der Waals surface area (Å²) in [5, 5.41) is 3.10. The molecule has 1 amide bonds. The Kier molecular flexibility index (Phi) is 3.64. The zero-order valence-corrected chi connectivity index (χ0v) is 13.0. The molecule has 0 unspecified atom stereocenters. The molecule has 110 valence electrons. The number of nitrogens with zero attached hydrogens (tertiary/aromatic N) is 1. The second kappa shape index (κ2) is 4.86. The van der Waals surface area contributed by atoms with Crippen LogP contribution >= 0.6 is 0 Å². The zero-order valence-electron chi connectivity index (χ0n) is 12.2. The fraction of sp³-hybridized carbons (Fsp3) is 0.500. The van der Waals surface area contributed by atoms with Crippen molar-refractivity contribution in [2.24, 2.45) is 5.41 Å². The van der Waals surface area contributed by atoms with Gasteiger partial charge in [-0.2, -0.15) is 0 Å². The number of hydrogen-bond donors (Lipinski definition) is 1. The SMILES string of the molecule is CN[C@H](CN1C(=O)c2ccccc2S1(=O)=O)C(C)(C)C. The summed E-state index contributed by atoms with van der Waals surface area (Å²) in [7, 11) is -1.94. The van der Waals surface area contributed by atoms with Crippen molar-refractivity contribution in [2.45, 2.75) is 31.7 Å². The van der Waals surface area contributed by atoms with Crippen LogP contribution in [0.3, 0.4) is 0 Å². The van der Waals surface area contributed by atoms with Gasteiger partial charge < -0.3 is 5.32 Å². The summed E-state index contributed by atoms with van der Waals surface area (Å²) >= 11 is 0. The number of benzene rings is 1. The summed E-state index contributed by atoms with van der Waals surface area (Å²) < 4.78 is 25.9. The first-order valence-electron chi connectivity index (χ1n) is 6.53. The van der Waals surface area contributed by atoms with Gasteiger partial charge in [-0.1, -0.05) is 32.9 Å². The average Bonchev–Trinajstić information content (AvgIpc) is 2.55. The molecule has 1 atom stereocenters. The average molecular weight is 296 g/mol. The minimum absolute atomic E-state index is 0.105. The molecule has 0 radical (unpaired) electrons. The Morgan fingerprint density at radius 3 is 2.35 bits per heavy atom. The highest BCUT2D eigenvalue weighted by Crippen LogP contribution is 2.31. The summed E-state index contributed by atoms with van der Waals surface area (Å²) in [6, 6.07) is 6.23. The number of carbonyl (C=O) groups excluding carboxylic acids is 1. The fourth-order valence-electron chi connectivity index (χ4n) is 2.38. The number of amides is 1. The van der Waals surface area contributed by atoms with E-state index in [2.05, 4.69) is 5.32 Å². The van der Waals surface area contributed by atoms with Crippen LogP contribution in [0.1, 0.15) is 31.1 Å². The summed E-state index contributed by atoms with van der Waals surface area (Å²) in [5.41, 5.74) is 0.107. The number of nitrogens with one attached hydrogen (secondary N) is 1. The van der Waals surface area contributed by atoms with E-state index in [-0.39, 0.29) is 28.5 Å². The predicted octanol–water partition coefficient (Wildman–Crippen LogP) is 1.47. The lowest BCUT2D eigenvalue weighted by atomic mass is 9.87. The van der Waals surface area contributed by atoms with Gasteiger partial charge in [0.1, 0.15) is 4.90 Å². The topological polar surface area (TPSA) is 66.5 Å². The monoisotopic (exact) mass is 296 g/mol. The molecule has 1 heterocycles. The van der Waals surface area contributed by atoms with Gasteiger partial charge in [0.2, 0.25) is 0 Å². The first kappa shape index (κ1) is 15.0. The molecule has 1 N–H and O–H groups in total. The lowest BCUT2D eigenvalue weighted by molar-refractivity contribution is 0.0845. The molecule has 0 spiro atoms. The molecule has 1 aliphatic heterocycles. The zero-order chi connectivity index (χ0) is 15.1. The molecular weight excluding hydrogens is 276 g/mol. The van der Waals surface area contributed by atoms with Gasteiger partial charge in [0.15, 0.2) is 0 Å². The Balaban J connectivity index is 2.39. The Morgan fingerprint density at radius 1 is 1.25 bits per heavy atom. The van der Waals surface area contributed by atoms with Crippen molar-refractivity contribution in [3.63, 3.8) is 0 Å². The Hall–Kier alpha value is -1.40. The molecule has 0 fully saturated rings. The minimum Gasteiger partial charge on any atom is -0.315 e. The van der Waals surface area contributed by atoms with Crippen LogP contribution in [0.5, 0.6) is 0 Å². The van der Waals surface area contributed by atoms with Gasteiger partial charge in [-0.05, 0) is 24.6 Å². The quantitative estimate of drug-likeness (QED) is 0.917. The van der Waals surface area contributed by atoms with Crippen LogP contribution in [0.4, 0.5) is 0 Å². The van der Waals surface area contributed by atoms with Crippen molar-refractivity contribution >= 4 is 15.9 Å². The van der Waals surface area contributed by atoms with Crippen LogP contribution < -0.4 is 5.32 Å². The predicted molar refractivity (Wildman–Crippen MR) is 77.0 cm³/mol. The second-order valence-electron chi connectivity index (χ2n) is 6.04. The van der Waals surface area contributed by atoms with Gasteiger partial charge in [-0.15, -0.1) is 0 Å². The van der Waals surface area contributed by atoms with Crippen LogP contribution in [0.25, 0.3) is 0 Å². The normalized spacial score (nSPS) is 19.0. The third-order valence-electron chi connectivity index (χ3n) is 3.65. The first-order valence-corrected chi connectivity index (χ1v) is 7.97. The third-order valence-corrected chi connectivity index (χ3v) is 5.46. The van der Waals surface area contributed by atoms with Crippen molar-refractivity contribution in [3.8, 4) is 0 Å². The van der Waals surface area contributed by atoms with Crippen LogP contribution in [0.2, 0.25) is 0 Å². The van der Waals surface area contributed by atoms with Crippen LogP contribution in [0, 0.1) is 5.41 Å². The van der Waals surface area contributed by atoms with E-state index in [4.69, 9.17) is 0 Å². The second-order valence-corrected chi connectivity index (χ2v) is 7.88. The molecule has 20 heavy (non-hydrogen) atoms. The molecule has 1 aliphatic rings. The smallest absolute Gasteiger partial charge is 0.269 e. The lowest BCUT2D eigenvalue weighted by Crippen LogP contribution is -2.48. The van der Waals surface area contributed by atoms with Gasteiger partial charge in [0.25, 0.3) is 15.9 Å². The number of likely N-dealkylation sites (N-methyl/N-ethyl adjacent to an activating group) is 1. The molecule has 2 rings (SSSR count). The number of sulfonamides is 1. The van der Waals surface area contributed by atoms with Crippen LogP contribution in [0.15, 0.2) is 29.2 Å². The first-order chi connectivity index (χ1) is 9.19. The standard InChI is InChI=1S/C14H20N2O3S/c1-14(2,3)12(15-4)9-16-13(17)10-7-5-6-8-11(10)20(16,18)19/h5-8,12,15H,9H2,1-4H3/t12-/m1/s1. The maximum atomic E-state index is 12.5. The summed E-state index contributed by atoms with van der Waals surface area (Å²) in [5.74, 6) is -0.440. The van der Waals surface area contributed by atoms with E-state index in [0.717, 1.165) is 4.31 Å². The number of fused-ring (bicyclic) bond motifs is 1. The van der Waals surface area contributed by atoms with Crippen LogP contribution in [-0.2, 0) is 10.0 Å². The van der Waals surface area contributed by atoms with Crippen molar-refractivity contribution in [1.29, 1.82) is 0 Å². The molecule has 0 bridgehead atoms. The Labute approximate surface area is 120 Å². The molecule has 1 aromatic carbocycles. The maximum Gasteiger partial charge on any atom is 0.269 e. The molecule has 0 saturated carbocycles. The third kappa shape index (κ3) is 2.33. The van der Waals surface area contributed by atoms with Gasteiger partial charge in [-0.3, -0.25) is 4.79 Å². The molecule has 1 aromatic rings. The molecule has 5 nitrogen and oxygen atoms in total. The summed E-state index contributed by atoms with van der Waals surface area (Å²) in [6.07, 6.45) is 0. The van der Waals surface area contributed by atoms with E-state index < -0.39 is 15.9 Å². The van der Waals surface area contributed by atoms with E-state index in [1.807, 2.05) is 20.8 Å². The largest absolute Gasteiger partial charge is 0.315 e. The Bertz CT molecular complexity index is 632. The van der Waals surface area contributed by atoms with Crippen molar-refractivity contribution in [2.75, 3.05) is 13.6 Å². The van der Waals surface area contributed by atoms with Crippen molar-refractivity contribution in [3.05, 3.63) is 29.8 Å². The highest BCUT2D eigenvalue weighted by molar-refractivity contribution is 7.90. The highest BCUT2D eigenvalue weighted by atomic mass is 32.2. The van der Waals surface area contributed by atoms with Gasteiger partial charge in [-0.25, -0.2) is 12.7 Å². The van der Waals surface area contributed by atoms with E-state index in [0.29, 0.717) is 0 Å². The van der Waals surface area contributed by atoms with Gasteiger partial charge >= 0.3 is 0 Å². The molecular formula is C14H20N2O3S. The highest BCUT2D eigenvalue weighted by Gasteiger charge is 2.42. The van der Waals surface area contributed by atoms with Crippen molar-refractivity contribution in [1.82, 2.24) is 9.62 Å². The van der Waals surface area contributed by atoms with Gasteiger partial charge in [0.05, 0.1) is 12.1 Å². The number of hydrogen-bond acceptors (Lipinski definition) is 4. The molecule has 0 saturated heterocycles. The summed E-state index contributed by atoms with van der Waals surface area (Å²) in [6.45, 7) is 6.16. The lowest BCUT2D eigenvalue weighted by Gasteiger charge is -2.33. The van der Waals surface area contributed by atoms with E-state index in [9.17, 15) is 13.2 Å². The molecule has 0 aliphatic carbocycles. The molecule has 0 aromatic heterocycles. The van der Waals surface area contributed by atoms with E-state index >= 15 is 0 Å². The van der Waals surface area contributed by atoms with E-state index in [1.165, 1.54) is 6.07 Å².